The fraction of sp³-hybridized carbons (Fsp3) is 0.375. The monoisotopic (exact) mass is 242 g/mol. The van der Waals surface area contributed by atoms with Crippen LogP contribution in [0, 0.1) is 18.8 Å². The number of aromatic nitrogens is 1. The van der Waals surface area contributed by atoms with Crippen molar-refractivity contribution in [3.63, 3.8) is 0 Å². The Morgan fingerprint density at radius 2 is 2.06 bits per heavy atom. The molecule has 0 fully saturated rings. The van der Waals surface area contributed by atoms with Gasteiger partial charge in [-0.2, -0.15) is 0 Å². The minimum Gasteiger partial charge on any atom is -0.405 e. The first-order valence-corrected chi connectivity index (χ1v) is 6.55. The Hall–Kier alpha value is -1.70. The maximum Gasteiger partial charge on any atom is 0.0427 e. The van der Waals surface area contributed by atoms with Gasteiger partial charge in [-0.1, -0.05) is 32.9 Å². The van der Waals surface area contributed by atoms with E-state index in [4.69, 9.17) is 5.73 Å². The highest BCUT2D eigenvalue weighted by molar-refractivity contribution is 5.61. The summed E-state index contributed by atoms with van der Waals surface area (Å²) in [6, 6.07) is 0. The highest BCUT2D eigenvalue weighted by Crippen LogP contribution is 2.17. The van der Waals surface area contributed by atoms with Crippen molar-refractivity contribution >= 4 is 18.2 Å². The largest absolute Gasteiger partial charge is 0.405 e. The number of nitrogens with one attached hydrogen (secondary N) is 1. The van der Waals surface area contributed by atoms with Crippen molar-refractivity contribution in [3.05, 3.63) is 39.7 Å². The van der Waals surface area contributed by atoms with Crippen LogP contribution in [0.2, 0.25) is 0 Å². The minimum atomic E-state index is 0.452. The van der Waals surface area contributed by atoms with Gasteiger partial charge in [0.2, 0.25) is 0 Å². The van der Waals surface area contributed by atoms with E-state index in [2.05, 4.69) is 50.9 Å². The average Bonchev–Trinajstić information content (AvgIpc) is 2.47. The molecular weight excluding hydrogens is 220 g/mol. The molecule has 1 unspecified atom stereocenters. The van der Waals surface area contributed by atoms with Crippen LogP contribution in [-0.4, -0.2) is 4.98 Å². The summed E-state index contributed by atoms with van der Waals surface area (Å²) < 4.78 is 0. The van der Waals surface area contributed by atoms with Gasteiger partial charge in [-0.15, -0.1) is 0 Å². The van der Waals surface area contributed by atoms with Crippen LogP contribution in [0.1, 0.15) is 32.0 Å². The molecule has 2 rings (SSSR count). The van der Waals surface area contributed by atoms with Gasteiger partial charge in [0, 0.05) is 21.8 Å². The molecule has 1 atom stereocenters. The molecule has 2 nitrogen and oxygen atoms in total. The number of nitrogens with two attached hydrogens (primary N) is 1. The lowest BCUT2D eigenvalue weighted by Crippen LogP contribution is -2.24. The minimum absolute atomic E-state index is 0.452. The number of hydrogen-bond acceptors (Lipinski definition) is 1. The predicted octanol–water partition coefficient (Wildman–Crippen LogP) is 2.05. The molecule has 0 aliphatic heterocycles. The van der Waals surface area contributed by atoms with Crippen LogP contribution in [0.4, 0.5) is 0 Å². The fourth-order valence-electron chi connectivity index (χ4n) is 2.47. The van der Waals surface area contributed by atoms with Crippen molar-refractivity contribution in [1.29, 1.82) is 0 Å². The van der Waals surface area contributed by atoms with Crippen LogP contribution in [-0.2, 0) is 0 Å². The quantitative estimate of drug-likeness (QED) is 0.819. The number of hydrogen-bond donors (Lipinski definition) is 2. The van der Waals surface area contributed by atoms with Crippen LogP contribution in [0.15, 0.2) is 17.8 Å². The van der Waals surface area contributed by atoms with E-state index in [0.29, 0.717) is 11.8 Å². The van der Waals surface area contributed by atoms with Crippen molar-refractivity contribution in [3.8, 4) is 0 Å². The maximum absolute atomic E-state index is 5.55. The molecule has 0 amide bonds. The lowest BCUT2D eigenvalue weighted by Gasteiger charge is -2.07. The molecular formula is C16H22N2. The van der Waals surface area contributed by atoms with E-state index in [9.17, 15) is 0 Å². The van der Waals surface area contributed by atoms with E-state index in [1.54, 1.807) is 6.20 Å². The summed E-state index contributed by atoms with van der Waals surface area (Å²) >= 11 is 0. The van der Waals surface area contributed by atoms with Crippen LogP contribution in [0.5, 0.6) is 0 Å². The van der Waals surface area contributed by atoms with Crippen molar-refractivity contribution in [1.82, 2.24) is 4.98 Å². The Balaban J connectivity index is 2.75. The first kappa shape index (κ1) is 12.7. The molecule has 1 aliphatic carbocycles. The zero-order valence-electron chi connectivity index (χ0n) is 11.6. The number of H-pyrrole nitrogens is 1. The molecule has 3 N–H and O–H groups in total. The van der Waals surface area contributed by atoms with E-state index in [1.165, 1.54) is 27.4 Å². The maximum atomic E-state index is 5.55. The summed E-state index contributed by atoms with van der Waals surface area (Å²) in [6.07, 6.45) is 10.5. The second-order valence-electron chi connectivity index (χ2n) is 5.34. The van der Waals surface area contributed by atoms with Crippen molar-refractivity contribution in [2.24, 2.45) is 17.6 Å². The lowest BCUT2D eigenvalue weighted by molar-refractivity contribution is 0.787. The smallest absolute Gasteiger partial charge is 0.0427 e. The van der Waals surface area contributed by atoms with Crippen molar-refractivity contribution < 1.29 is 0 Å². The van der Waals surface area contributed by atoms with Gasteiger partial charge in [0.1, 0.15) is 0 Å². The van der Waals surface area contributed by atoms with E-state index in [-0.39, 0.29) is 0 Å². The molecule has 1 aliphatic rings. The Labute approximate surface area is 109 Å². The van der Waals surface area contributed by atoms with Crippen molar-refractivity contribution in [2.45, 2.75) is 27.7 Å². The third-order valence-electron chi connectivity index (χ3n) is 3.43. The van der Waals surface area contributed by atoms with Gasteiger partial charge >= 0.3 is 0 Å². The number of fused-ring (bicyclic) bond motifs is 1. The van der Waals surface area contributed by atoms with E-state index in [0.717, 1.165) is 0 Å². The molecule has 0 aromatic carbocycles. The van der Waals surface area contributed by atoms with E-state index >= 15 is 0 Å². The molecule has 1 heterocycles. The number of rotatable bonds is 2. The fourth-order valence-corrected chi connectivity index (χ4v) is 2.47. The molecule has 0 bridgehead atoms. The third-order valence-corrected chi connectivity index (χ3v) is 3.43. The summed E-state index contributed by atoms with van der Waals surface area (Å²) in [5.74, 6) is 0.990. The van der Waals surface area contributed by atoms with Gasteiger partial charge in [-0.05, 0) is 42.7 Å². The van der Waals surface area contributed by atoms with Gasteiger partial charge < -0.3 is 10.7 Å². The molecule has 0 spiro atoms. The highest BCUT2D eigenvalue weighted by atomic mass is 14.7. The molecule has 18 heavy (non-hydrogen) atoms. The Bertz CT molecular complexity index is 612. The summed E-state index contributed by atoms with van der Waals surface area (Å²) in [5, 5.41) is 2.47. The standard InChI is InChI=1S/C16H22N2/c1-10(2)13-7-11(3)8-16-15(9-13)14(5-6-17)12(4)18-16/h5-11,18H,17H2,1-4H3/b6-5-. The highest BCUT2D eigenvalue weighted by Gasteiger charge is 2.10. The Kier molecular flexibility index (Phi) is 3.46. The molecule has 0 saturated heterocycles. The second-order valence-corrected chi connectivity index (χ2v) is 5.34. The summed E-state index contributed by atoms with van der Waals surface area (Å²) in [7, 11) is 0. The van der Waals surface area contributed by atoms with Gasteiger partial charge in [0.25, 0.3) is 0 Å². The van der Waals surface area contributed by atoms with Gasteiger partial charge in [0.05, 0.1) is 0 Å². The van der Waals surface area contributed by atoms with Crippen LogP contribution < -0.4 is 16.3 Å². The lowest BCUT2D eigenvalue weighted by atomic mass is 9.98. The zero-order chi connectivity index (χ0) is 13.3. The summed E-state index contributed by atoms with van der Waals surface area (Å²) in [6.45, 7) is 8.78. The predicted molar refractivity (Wildman–Crippen MR) is 79.0 cm³/mol. The van der Waals surface area contributed by atoms with Gasteiger partial charge in [0.15, 0.2) is 0 Å². The third kappa shape index (κ3) is 2.28. The van der Waals surface area contributed by atoms with Crippen LogP contribution in [0.25, 0.3) is 18.2 Å². The number of aromatic amines is 1. The summed E-state index contributed by atoms with van der Waals surface area (Å²) in [5.41, 5.74) is 9.31. The molecule has 0 saturated carbocycles. The number of aryl methyl sites for hydroxylation is 1. The summed E-state index contributed by atoms with van der Waals surface area (Å²) in [4.78, 5) is 3.45. The SMILES string of the molecule is Cc1[nH]c2c(c1/C=C\N)=CC(C(C)C)=CC(C)C=2. The second kappa shape index (κ2) is 4.89. The van der Waals surface area contributed by atoms with Crippen molar-refractivity contribution in [2.75, 3.05) is 0 Å². The first-order chi connectivity index (χ1) is 8.52. The Morgan fingerprint density at radius 1 is 1.33 bits per heavy atom. The van der Waals surface area contributed by atoms with Crippen LogP contribution in [0.3, 0.4) is 0 Å². The van der Waals surface area contributed by atoms with E-state index in [1.807, 2.05) is 6.08 Å². The van der Waals surface area contributed by atoms with E-state index < -0.39 is 0 Å². The van der Waals surface area contributed by atoms with Gasteiger partial charge in [-0.25, -0.2) is 0 Å². The molecule has 2 heteroatoms. The normalized spacial score (nSPS) is 19.2. The van der Waals surface area contributed by atoms with Gasteiger partial charge in [-0.3, -0.25) is 0 Å². The zero-order valence-corrected chi connectivity index (χ0v) is 11.6. The molecule has 1 aromatic rings. The first-order valence-electron chi connectivity index (χ1n) is 6.55. The Morgan fingerprint density at radius 3 is 2.67 bits per heavy atom. The number of allylic oxidation sites excluding steroid dienone is 2. The molecule has 96 valence electrons. The van der Waals surface area contributed by atoms with Crippen LogP contribution >= 0.6 is 0 Å². The molecule has 1 aromatic heterocycles. The molecule has 0 radical (unpaired) electrons. The topological polar surface area (TPSA) is 41.8 Å². The average molecular weight is 242 g/mol.